The van der Waals surface area contributed by atoms with Crippen LogP contribution in [0.2, 0.25) is 0 Å². The van der Waals surface area contributed by atoms with Crippen LogP contribution in [-0.4, -0.2) is 11.0 Å². The first-order valence-electron chi connectivity index (χ1n) is 5.89. The van der Waals surface area contributed by atoms with E-state index in [0.717, 1.165) is 17.7 Å². The van der Waals surface area contributed by atoms with Crippen molar-refractivity contribution in [2.24, 2.45) is 0 Å². The van der Waals surface area contributed by atoms with Crippen LogP contribution in [0, 0.1) is 0 Å². The molecule has 0 radical (unpaired) electrons. The number of benzene rings is 2. The topological polar surface area (TPSA) is 49.3 Å². The van der Waals surface area contributed by atoms with Crippen molar-refractivity contribution in [1.29, 1.82) is 0 Å². The number of aryl methyl sites for hydroxylation is 1. The molecule has 0 saturated carbocycles. The summed E-state index contributed by atoms with van der Waals surface area (Å²) in [5.74, 6) is -0.127. The third-order valence-corrected chi connectivity index (χ3v) is 2.75. The summed E-state index contributed by atoms with van der Waals surface area (Å²) in [5, 5.41) is 12.2. The number of para-hydroxylation sites is 1. The van der Waals surface area contributed by atoms with Crippen molar-refractivity contribution in [2.75, 3.05) is 5.32 Å². The quantitative estimate of drug-likeness (QED) is 0.866. The van der Waals surface area contributed by atoms with Crippen molar-refractivity contribution in [3.63, 3.8) is 0 Å². The van der Waals surface area contributed by atoms with E-state index < -0.39 is 0 Å². The second-order valence-electron chi connectivity index (χ2n) is 4.02. The van der Waals surface area contributed by atoms with Gasteiger partial charge >= 0.3 is 0 Å². The molecule has 3 nitrogen and oxygen atoms in total. The van der Waals surface area contributed by atoms with Crippen LogP contribution >= 0.6 is 0 Å². The Hall–Kier alpha value is -2.29. The summed E-state index contributed by atoms with van der Waals surface area (Å²) in [5.41, 5.74) is 2.35. The van der Waals surface area contributed by atoms with Crippen molar-refractivity contribution in [3.05, 3.63) is 59.7 Å². The molecule has 18 heavy (non-hydrogen) atoms. The Morgan fingerprint density at radius 1 is 1.17 bits per heavy atom. The number of rotatable bonds is 3. The Kier molecular flexibility index (Phi) is 3.63. The van der Waals surface area contributed by atoms with Crippen LogP contribution in [-0.2, 0) is 6.42 Å². The van der Waals surface area contributed by atoms with Gasteiger partial charge in [0.05, 0.1) is 0 Å². The van der Waals surface area contributed by atoms with Crippen LogP contribution in [0.5, 0.6) is 5.75 Å². The van der Waals surface area contributed by atoms with Crippen LogP contribution in [0.25, 0.3) is 0 Å². The van der Waals surface area contributed by atoms with E-state index >= 15 is 0 Å². The maximum Gasteiger partial charge on any atom is 0.255 e. The van der Waals surface area contributed by atoms with Gasteiger partial charge in [0.1, 0.15) is 5.75 Å². The molecule has 0 fully saturated rings. The van der Waals surface area contributed by atoms with Crippen LogP contribution in [0.4, 0.5) is 5.69 Å². The number of anilines is 1. The predicted octanol–water partition coefficient (Wildman–Crippen LogP) is 3.21. The van der Waals surface area contributed by atoms with E-state index in [1.807, 2.05) is 31.2 Å². The van der Waals surface area contributed by atoms with Crippen molar-refractivity contribution in [2.45, 2.75) is 13.3 Å². The van der Waals surface area contributed by atoms with Gasteiger partial charge in [0.15, 0.2) is 0 Å². The first-order chi connectivity index (χ1) is 8.70. The van der Waals surface area contributed by atoms with Gasteiger partial charge in [-0.1, -0.05) is 31.2 Å². The Morgan fingerprint density at radius 3 is 2.67 bits per heavy atom. The fourth-order valence-electron chi connectivity index (χ4n) is 1.79. The second-order valence-corrected chi connectivity index (χ2v) is 4.02. The van der Waals surface area contributed by atoms with Gasteiger partial charge in [-0.05, 0) is 36.2 Å². The normalized spacial score (nSPS) is 10.1. The standard InChI is InChI=1S/C15H15NO2/c1-2-11-6-3-4-9-14(11)16-15(18)12-7-5-8-13(17)10-12/h3-10,17H,2H2,1H3,(H,16,18). The molecule has 0 unspecified atom stereocenters. The van der Waals surface area contributed by atoms with Gasteiger partial charge in [0.2, 0.25) is 0 Å². The highest BCUT2D eigenvalue weighted by Gasteiger charge is 2.08. The van der Waals surface area contributed by atoms with Crippen LogP contribution in [0.15, 0.2) is 48.5 Å². The van der Waals surface area contributed by atoms with E-state index in [4.69, 9.17) is 0 Å². The van der Waals surface area contributed by atoms with E-state index in [1.165, 1.54) is 12.1 Å². The Balaban J connectivity index is 2.21. The zero-order valence-electron chi connectivity index (χ0n) is 10.2. The molecule has 2 N–H and O–H groups in total. The lowest BCUT2D eigenvalue weighted by molar-refractivity contribution is 0.102. The van der Waals surface area contributed by atoms with Gasteiger partial charge in [-0.2, -0.15) is 0 Å². The molecule has 2 aromatic rings. The number of phenolic OH excluding ortho intramolecular Hbond substituents is 1. The summed E-state index contributed by atoms with van der Waals surface area (Å²) in [7, 11) is 0. The molecular formula is C15H15NO2. The molecule has 0 bridgehead atoms. The van der Waals surface area contributed by atoms with Crippen molar-refractivity contribution >= 4 is 11.6 Å². The van der Waals surface area contributed by atoms with E-state index in [2.05, 4.69) is 5.32 Å². The number of aromatic hydroxyl groups is 1. The van der Waals surface area contributed by atoms with E-state index in [1.54, 1.807) is 12.1 Å². The van der Waals surface area contributed by atoms with Gasteiger partial charge in [-0.3, -0.25) is 4.79 Å². The number of carbonyl (C=O) groups is 1. The molecule has 92 valence electrons. The number of hydrogen-bond donors (Lipinski definition) is 2. The van der Waals surface area contributed by atoms with Crippen LogP contribution in [0.3, 0.4) is 0 Å². The van der Waals surface area contributed by atoms with E-state index in [9.17, 15) is 9.90 Å². The molecule has 3 heteroatoms. The van der Waals surface area contributed by atoms with E-state index in [0.29, 0.717) is 5.56 Å². The fraction of sp³-hybridized carbons (Fsp3) is 0.133. The summed E-state index contributed by atoms with van der Waals surface area (Å²) in [6.07, 6.45) is 0.858. The molecule has 2 aromatic carbocycles. The van der Waals surface area contributed by atoms with Crippen molar-refractivity contribution in [3.8, 4) is 5.75 Å². The second kappa shape index (κ2) is 5.36. The van der Waals surface area contributed by atoms with Crippen LogP contribution in [0.1, 0.15) is 22.8 Å². The first-order valence-corrected chi connectivity index (χ1v) is 5.89. The monoisotopic (exact) mass is 241 g/mol. The van der Waals surface area contributed by atoms with Gasteiger partial charge in [-0.15, -0.1) is 0 Å². The number of carbonyl (C=O) groups excluding carboxylic acids is 1. The molecule has 0 aliphatic carbocycles. The Morgan fingerprint density at radius 2 is 1.94 bits per heavy atom. The Labute approximate surface area is 106 Å². The Bertz CT molecular complexity index is 564. The molecule has 0 aromatic heterocycles. The summed E-state index contributed by atoms with van der Waals surface area (Å²) >= 11 is 0. The molecule has 0 heterocycles. The summed E-state index contributed by atoms with van der Waals surface area (Å²) in [4.78, 5) is 12.0. The first kappa shape index (κ1) is 12.2. The highest BCUT2D eigenvalue weighted by Crippen LogP contribution is 2.18. The summed E-state index contributed by atoms with van der Waals surface area (Å²) in [6.45, 7) is 2.04. The van der Waals surface area contributed by atoms with Gasteiger partial charge in [0.25, 0.3) is 5.91 Å². The van der Waals surface area contributed by atoms with Gasteiger partial charge < -0.3 is 10.4 Å². The van der Waals surface area contributed by atoms with Crippen LogP contribution < -0.4 is 5.32 Å². The molecule has 0 aliphatic rings. The number of nitrogens with one attached hydrogen (secondary N) is 1. The minimum atomic E-state index is -0.216. The fourth-order valence-corrected chi connectivity index (χ4v) is 1.79. The lowest BCUT2D eigenvalue weighted by Crippen LogP contribution is -2.12. The van der Waals surface area contributed by atoms with Crippen molar-refractivity contribution < 1.29 is 9.90 Å². The van der Waals surface area contributed by atoms with Gasteiger partial charge in [-0.25, -0.2) is 0 Å². The highest BCUT2D eigenvalue weighted by atomic mass is 16.3. The van der Waals surface area contributed by atoms with E-state index in [-0.39, 0.29) is 11.7 Å². The molecule has 2 rings (SSSR count). The number of amides is 1. The minimum absolute atomic E-state index is 0.0893. The SMILES string of the molecule is CCc1ccccc1NC(=O)c1cccc(O)c1. The summed E-state index contributed by atoms with van der Waals surface area (Å²) < 4.78 is 0. The lowest BCUT2D eigenvalue weighted by Gasteiger charge is -2.09. The molecule has 0 atom stereocenters. The third kappa shape index (κ3) is 2.69. The average Bonchev–Trinajstić information content (AvgIpc) is 2.39. The highest BCUT2D eigenvalue weighted by molar-refractivity contribution is 6.04. The lowest BCUT2D eigenvalue weighted by atomic mass is 10.1. The molecule has 1 amide bonds. The van der Waals surface area contributed by atoms with Gasteiger partial charge in [0, 0.05) is 11.3 Å². The zero-order valence-corrected chi connectivity index (χ0v) is 10.2. The zero-order chi connectivity index (χ0) is 13.0. The predicted molar refractivity (Wildman–Crippen MR) is 71.9 cm³/mol. The number of phenols is 1. The minimum Gasteiger partial charge on any atom is -0.508 e. The molecular weight excluding hydrogens is 226 g/mol. The average molecular weight is 241 g/mol. The maximum absolute atomic E-state index is 12.0. The summed E-state index contributed by atoms with van der Waals surface area (Å²) in [6, 6.07) is 14.0. The molecule has 0 aliphatic heterocycles. The van der Waals surface area contributed by atoms with Crippen molar-refractivity contribution in [1.82, 2.24) is 0 Å². The molecule has 0 saturated heterocycles. The third-order valence-electron chi connectivity index (χ3n) is 2.75. The number of hydrogen-bond acceptors (Lipinski definition) is 2. The maximum atomic E-state index is 12.0. The smallest absolute Gasteiger partial charge is 0.255 e. The molecule has 0 spiro atoms. The largest absolute Gasteiger partial charge is 0.508 e.